The van der Waals surface area contributed by atoms with Crippen LogP contribution in [0.15, 0.2) is 12.4 Å². The third-order valence-corrected chi connectivity index (χ3v) is 4.08. The van der Waals surface area contributed by atoms with Gasteiger partial charge in [-0.25, -0.2) is 9.78 Å². The minimum atomic E-state index is -0.697. The summed E-state index contributed by atoms with van der Waals surface area (Å²) in [6.07, 6.45) is 3.25. The van der Waals surface area contributed by atoms with Crippen molar-refractivity contribution in [3.8, 4) is 0 Å². The third kappa shape index (κ3) is 4.27. The Morgan fingerprint density at radius 1 is 1.46 bits per heavy atom. The normalized spacial score (nSPS) is 23.5. The second-order valence-corrected chi connectivity index (χ2v) is 7.77. The van der Waals surface area contributed by atoms with Crippen LogP contribution in [0.3, 0.4) is 0 Å². The molecule has 0 aliphatic carbocycles. The van der Waals surface area contributed by atoms with Gasteiger partial charge < -0.3 is 19.4 Å². The van der Waals surface area contributed by atoms with Crippen molar-refractivity contribution in [3.05, 3.63) is 18.2 Å². The van der Waals surface area contributed by atoms with E-state index >= 15 is 0 Å². The quantitative estimate of drug-likeness (QED) is 0.912. The predicted octanol–water partition coefficient (Wildman–Crippen LogP) is 2.27. The number of imidazole rings is 1. The maximum atomic E-state index is 12.7. The van der Waals surface area contributed by atoms with Crippen LogP contribution >= 0.6 is 0 Å². The summed E-state index contributed by atoms with van der Waals surface area (Å²) < 4.78 is 13.5. The standard InChI is InChI=1S/C17H30N4O3/c1-12-13(10-18-11-14-19-8-9-20(14)7)21(17(5,6)23-12)15(22)24-16(2,3)4/h8-9,12-13,18H,10-11H2,1-7H3/t12-,13-/m0/s1. The second-order valence-electron chi connectivity index (χ2n) is 7.77. The van der Waals surface area contributed by atoms with Crippen molar-refractivity contribution < 1.29 is 14.3 Å². The molecule has 7 nitrogen and oxygen atoms in total. The minimum absolute atomic E-state index is 0.0820. The molecule has 136 valence electrons. The first-order chi connectivity index (χ1) is 11.0. The van der Waals surface area contributed by atoms with Gasteiger partial charge in [0, 0.05) is 26.0 Å². The minimum Gasteiger partial charge on any atom is -0.444 e. The number of carbonyl (C=O) groups excluding carboxylic acids is 1. The van der Waals surface area contributed by atoms with E-state index in [-0.39, 0.29) is 18.2 Å². The van der Waals surface area contributed by atoms with Gasteiger partial charge in [-0.1, -0.05) is 0 Å². The summed E-state index contributed by atoms with van der Waals surface area (Å²) in [6, 6.07) is -0.102. The van der Waals surface area contributed by atoms with Gasteiger partial charge in [-0.05, 0) is 41.5 Å². The molecule has 2 heterocycles. The number of aryl methyl sites for hydroxylation is 1. The highest BCUT2D eigenvalue weighted by molar-refractivity contribution is 5.70. The van der Waals surface area contributed by atoms with E-state index in [1.54, 1.807) is 11.1 Å². The molecule has 0 radical (unpaired) electrons. The zero-order chi connectivity index (χ0) is 18.1. The van der Waals surface area contributed by atoms with E-state index in [4.69, 9.17) is 9.47 Å². The van der Waals surface area contributed by atoms with Gasteiger partial charge in [-0.3, -0.25) is 4.90 Å². The summed E-state index contributed by atoms with van der Waals surface area (Å²) >= 11 is 0. The number of aromatic nitrogens is 2. The topological polar surface area (TPSA) is 68.6 Å². The Hall–Kier alpha value is -1.60. The molecular formula is C17H30N4O3. The Morgan fingerprint density at radius 3 is 2.67 bits per heavy atom. The van der Waals surface area contributed by atoms with Gasteiger partial charge in [0.05, 0.1) is 18.7 Å². The first-order valence-corrected chi connectivity index (χ1v) is 8.38. The lowest BCUT2D eigenvalue weighted by molar-refractivity contribution is -0.0756. The van der Waals surface area contributed by atoms with Crippen LogP contribution in [0, 0.1) is 0 Å². The molecule has 0 unspecified atom stereocenters. The fraction of sp³-hybridized carbons (Fsp3) is 0.765. The van der Waals surface area contributed by atoms with Crippen LogP contribution in [0.25, 0.3) is 0 Å². The summed E-state index contributed by atoms with van der Waals surface area (Å²) in [5.74, 6) is 0.949. The van der Waals surface area contributed by atoms with Gasteiger partial charge in [0.2, 0.25) is 0 Å². The van der Waals surface area contributed by atoms with Crippen LogP contribution in [0.4, 0.5) is 4.79 Å². The molecule has 1 aliphatic heterocycles. The highest BCUT2D eigenvalue weighted by Crippen LogP contribution is 2.33. The number of hydrogen-bond acceptors (Lipinski definition) is 5. The predicted molar refractivity (Wildman–Crippen MR) is 91.4 cm³/mol. The molecule has 1 N–H and O–H groups in total. The van der Waals surface area contributed by atoms with Crippen molar-refractivity contribution >= 4 is 6.09 Å². The molecule has 1 saturated heterocycles. The Balaban J connectivity index is 2.04. The number of rotatable bonds is 4. The first-order valence-electron chi connectivity index (χ1n) is 8.38. The Bertz CT molecular complexity index is 577. The number of carbonyl (C=O) groups is 1. The Labute approximate surface area is 144 Å². The molecule has 0 saturated carbocycles. The van der Waals surface area contributed by atoms with Crippen molar-refractivity contribution in [1.82, 2.24) is 19.8 Å². The number of hydrogen-bond donors (Lipinski definition) is 1. The van der Waals surface area contributed by atoms with Crippen molar-refractivity contribution in [2.45, 2.75) is 71.6 Å². The smallest absolute Gasteiger partial charge is 0.412 e. The van der Waals surface area contributed by atoms with Gasteiger partial charge in [0.1, 0.15) is 17.2 Å². The van der Waals surface area contributed by atoms with Gasteiger partial charge in [0.25, 0.3) is 0 Å². The molecule has 1 aromatic heterocycles. The van der Waals surface area contributed by atoms with Gasteiger partial charge >= 0.3 is 6.09 Å². The van der Waals surface area contributed by atoms with E-state index in [2.05, 4.69) is 10.3 Å². The Morgan fingerprint density at radius 2 is 2.12 bits per heavy atom. The average Bonchev–Trinajstić information content (AvgIpc) is 2.89. The van der Waals surface area contributed by atoms with Crippen LogP contribution in [0.1, 0.15) is 47.4 Å². The Kier molecular flexibility index (Phi) is 5.25. The van der Waals surface area contributed by atoms with Gasteiger partial charge in [0.15, 0.2) is 0 Å². The van der Waals surface area contributed by atoms with Crippen molar-refractivity contribution in [2.75, 3.05) is 6.54 Å². The van der Waals surface area contributed by atoms with Crippen LogP contribution in [-0.4, -0.2) is 50.6 Å². The van der Waals surface area contributed by atoms with Gasteiger partial charge in [-0.15, -0.1) is 0 Å². The van der Waals surface area contributed by atoms with E-state index in [1.807, 2.05) is 59.4 Å². The van der Waals surface area contributed by atoms with E-state index < -0.39 is 11.3 Å². The van der Waals surface area contributed by atoms with Crippen LogP contribution in [0.5, 0.6) is 0 Å². The van der Waals surface area contributed by atoms with E-state index in [0.717, 1.165) is 5.82 Å². The highest BCUT2D eigenvalue weighted by atomic mass is 16.6. The molecule has 1 fully saturated rings. The van der Waals surface area contributed by atoms with Crippen LogP contribution in [-0.2, 0) is 23.1 Å². The largest absolute Gasteiger partial charge is 0.444 e. The van der Waals surface area contributed by atoms with Crippen LogP contribution in [0.2, 0.25) is 0 Å². The van der Waals surface area contributed by atoms with Crippen molar-refractivity contribution in [1.29, 1.82) is 0 Å². The number of amides is 1. The lowest BCUT2D eigenvalue weighted by Crippen LogP contribution is -2.53. The van der Waals surface area contributed by atoms with Crippen molar-refractivity contribution in [3.63, 3.8) is 0 Å². The monoisotopic (exact) mass is 338 g/mol. The average molecular weight is 338 g/mol. The molecule has 24 heavy (non-hydrogen) atoms. The zero-order valence-corrected chi connectivity index (χ0v) is 15.8. The second kappa shape index (κ2) is 6.72. The summed E-state index contributed by atoms with van der Waals surface area (Å²) in [6.45, 7) is 12.6. The summed E-state index contributed by atoms with van der Waals surface area (Å²) in [5.41, 5.74) is -1.23. The number of nitrogens with one attached hydrogen (secondary N) is 1. The molecule has 2 atom stereocenters. The molecule has 0 spiro atoms. The summed E-state index contributed by atoms with van der Waals surface area (Å²) in [4.78, 5) is 18.7. The maximum Gasteiger partial charge on any atom is 0.412 e. The molecule has 0 bridgehead atoms. The highest BCUT2D eigenvalue weighted by Gasteiger charge is 2.49. The van der Waals surface area contributed by atoms with E-state index in [1.165, 1.54) is 0 Å². The number of ether oxygens (including phenoxy) is 2. The zero-order valence-electron chi connectivity index (χ0n) is 15.8. The van der Waals surface area contributed by atoms with E-state index in [0.29, 0.717) is 13.1 Å². The molecule has 2 rings (SSSR count). The summed E-state index contributed by atoms with van der Waals surface area (Å²) in [5, 5.41) is 3.37. The molecule has 1 aromatic rings. The molecular weight excluding hydrogens is 308 g/mol. The van der Waals surface area contributed by atoms with Crippen LogP contribution < -0.4 is 5.32 Å². The summed E-state index contributed by atoms with van der Waals surface area (Å²) in [7, 11) is 1.96. The lowest BCUT2D eigenvalue weighted by atomic mass is 10.1. The SMILES string of the molecule is C[C@@H]1OC(C)(C)N(C(=O)OC(C)(C)C)[C@H]1CNCc1nccn1C. The van der Waals surface area contributed by atoms with E-state index in [9.17, 15) is 4.79 Å². The van der Waals surface area contributed by atoms with Gasteiger partial charge in [-0.2, -0.15) is 0 Å². The molecule has 1 amide bonds. The fourth-order valence-corrected chi connectivity index (χ4v) is 3.02. The maximum absolute atomic E-state index is 12.7. The van der Waals surface area contributed by atoms with Crippen molar-refractivity contribution in [2.24, 2.45) is 7.05 Å². The first kappa shape index (κ1) is 18.7. The third-order valence-electron chi connectivity index (χ3n) is 4.08. The fourth-order valence-electron chi connectivity index (χ4n) is 3.02. The molecule has 1 aliphatic rings. The number of nitrogens with zero attached hydrogens (tertiary/aromatic N) is 3. The molecule has 0 aromatic carbocycles. The molecule has 7 heteroatoms. The lowest BCUT2D eigenvalue weighted by Gasteiger charge is -2.35.